The number of ketones is 6. The third kappa shape index (κ3) is 5.37. The highest BCUT2D eigenvalue weighted by atomic mass is 16.3. The Balaban J connectivity index is 0.000000111. The Morgan fingerprint density at radius 1 is 0.403 bits per heavy atom. The van der Waals surface area contributed by atoms with Gasteiger partial charge in [-0.25, -0.2) is 0 Å². The summed E-state index contributed by atoms with van der Waals surface area (Å²) in [6, 6.07) is 0. The van der Waals surface area contributed by atoms with Gasteiger partial charge in [0, 0.05) is 69.5 Å². The number of carbonyl (C=O) groups is 6. The lowest BCUT2D eigenvalue weighted by molar-refractivity contribution is -0.164. The van der Waals surface area contributed by atoms with Crippen LogP contribution in [0.1, 0.15) is 107 Å². The van der Waals surface area contributed by atoms with Gasteiger partial charge in [-0.2, -0.15) is 0 Å². The molecule has 8 heteroatoms. The van der Waals surface area contributed by atoms with Gasteiger partial charge in [0.2, 0.25) is 0 Å². The zero-order valence-corrected chi connectivity index (χ0v) is 38.5. The second kappa shape index (κ2) is 14.3. The van der Waals surface area contributed by atoms with E-state index in [1.54, 1.807) is 0 Å². The maximum absolute atomic E-state index is 13.3. The summed E-state index contributed by atoms with van der Waals surface area (Å²) < 4.78 is 0. The van der Waals surface area contributed by atoms with E-state index in [1.165, 1.54) is 12.8 Å². The first-order valence-corrected chi connectivity index (χ1v) is 24.9. The van der Waals surface area contributed by atoms with Gasteiger partial charge in [-0.15, -0.1) is 0 Å². The molecule has 0 saturated heterocycles. The van der Waals surface area contributed by atoms with Gasteiger partial charge in [0.1, 0.15) is 34.7 Å². The lowest BCUT2D eigenvalue weighted by Gasteiger charge is -2.53. The third-order valence-electron chi connectivity index (χ3n) is 21.7. The summed E-state index contributed by atoms with van der Waals surface area (Å²) in [6.45, 7) is 18.6. The highest BCUT2D eigenvalue weighted by Gasteiger charge is 2.70. The summed E-state index contributed by atoms with van der Waals surface area (Å²) in [5.41, 5.74) is -1.56. The SMILES string of the molecule is C[C@@H]1C=C[C@H](C)[C@H]2C(=O)C3C(C(=O)[C@]12C)[C@@H]1C[C@H]3C[C@H]1O.C[C@@H]1C=C[C@H](C)[C@H]2C(=O)C3C(C(=O)[C@]12C)[C@@H]1C[C@H]3[C@@H](O)C1.C[C@@H]1C=C[C@H](C)[C@H]2C(=O)C3C(C(=O)[C@]12C)[C@H]1CC[C@@H]3C1. The molecule has 8 nitrogen and oxygen atoms in total. The lowest BCUT2D eigenvalue weighted by atomic mass is 9.48. The fraction of sp³-hybridized carbons (Fsp3) is 0.778. The first-order chi connectivity index (χ1) is 29.2. The van der Waals surface area contributed by atoms with Crippen LogP contribution in [0.25, 0.3) is 0 Å². The zero-order valence-electron chi connectivity index (χ0n) is 38.5. The predicted octanol–water partition coefficient (Wildman–Crippen LogP) is 7.74. The molecule has 0 aromatic heterocycles. The van der Waals surface area contributed by atoms with Crippen molar-refractivity contribution in [3.8, 4) is 0 Å². The van der Waals surface area contributed by atoms with E-state index in [0.29, 0.717) is 47.8 Å². The molecular formula is C54H72O8. The standard InChI is InChI=1S/2C18H24O3.C18H24O2/c1-8-4-5-9(2)18(3)15(8)16(20)14-11-6-10(7-12(11)19)13(14)17(18)21;1-8-4-5-9(2)18(3)15(8)16(20)13-10-6-11(12(19)7-10)14(13)17(18)21;1-9-4-5-10(2)18(3)15(9)16(19)13-11-6-7-12(8-11)14(13)17(18)20/h2*4-5,8-15,19H,6-7H2,1-3H3;4-5,9-15H,6-8H2,1-3H3/t8-,9+,10+,11-,12-,13?,14?,15-,18+;8-,9+,10-,11+,12+,13?,14?,15-,18+;9-,10+,11+,12-,13?,14?,15-,18+/m000/s1. The molecule has 9 saturated carbocycles. The van der Waals surface area contributed by atoms with E-state index in [1.807, 2.05) is 13.8 Å². The molecule has 12 aliphatic carbocycles. The van der Waals surface area contributed by atoms with E-state index in [2.05, 4.69) is 84.9 Å². The number of fused-ring (bicyclic) bond motifs is 18. The lowest BCUT2D eigenvalue weighted by Crippen LogP contribution is -2.61. The Kier molecular flexibility index (Phi) is 9.95. The zero-order chi connectivity index (χ0) is 44.4. The molecule has 0 amide bonds. The largest absolute Gasteiger partial charge is 0.393 e. The summed E-state index contributed by atoms with van der Waals surface area (Å²) in [6.07, 6.45) is 18.7. The van der Waals surface area contributed by atoms with E-state index in [-0.39, 0.29) is 136 Å². The van der Waals surface area contributed by atoms with Crippen LogP contribution in [0.5, 0.6) is 0 Å². The number of carbonyl (C=O) groups excluding carboxylic acids is 6. The van der Waals surface area contributed by atoms with Crippen molar-refractivity contribution >= 4 is 34.7 Å². The first kappa shape index (κ1) is 43.1. The summed E-state index contributed by atoms with van der Waals surface area (Å²) in [4.78, 5) is 79.4. The van der Waals surface area contributed by atoms with Crippen LogP contribution in [0.4, 0.5) is 0 Å². The van der Waals surface area contributed by atoms with Gasteiger partial charge in [0.15, 0.2) is 0 Å². The van der Waals surface area contributed by atoms with Gasteiger partial charge in [0.05, 0.1) is 12.2 Å². The molecule has 6 unspecified atom stereocenters. The molecule has 0 aromatic rings. The van der Waals surface area contributed by atoms with Crippen LogP contribution in [0.2, 0.25) is 0 Å². The van der Waals surface area contributed by atoms with Crippen molar-refractivity contribution in [3.05, 3.63) is 36.5 Å². The van der Waals surface area contributed by atoms with Crippen molar-refractivity contribution in [2.45, 2.75) is 119 Å². The van der Waals surface area contributed by atoms with Crippen LogP contribution in [0, 0.1) is 141 Å². The minimum absolute atomic E-state index is 0.0302. The summed E-state index contributed by atoms with van der Waals surface area (Å²) >= 11 is 0. The molecule has 0 aliphatic heterocycles. The maximum Gasteiger partial charge on any atom is 0.144 e. The molecule has 0 radical (unpaired) electrons. The smallest absolute Gasteiger partial charge is 0.144 e. The number of allylic oxidation sites excluding steroid dienone is 6. The van der Waals surface area contributed by atoms with Gasteiger partial charge < -0.3 is 10.2 Å². The van der Waals surface area contributed by atoms with E-state index < -0.39 is 16.2 Å². The minimum atomic E-state index is -0.573. The van der Waals surface area contributed by atoms with Gasteiger partial charge in [-0.3, -0.25) is 28.8 Å². The Labute approximate surface area is 369 Å². The van der Waals surface area contributed by atoms with Crippen molar-refractivity contribution in [1.82, 2.24) is 0 Å². The second-order valence-electron chi connectivity index (χ2n) is 24.1. The normalized spacial score (nSPS) is 57.8. The van der Waals surface area contributed by atoms with Crippen molar-refractivity contribution in [1.29, 1.82) is 0 Å². The molecule has 336 valence electrons. The van der Waals surface area contributed by atoms with Crippen LogP contribution in [0.15, 0.2) is 36.5 Å². The fourth-order valence-electron chi connectivity index (χ4n) is 18.2. The summed E-state index contributed by atoms with van der Waals surface area (Å²) in [7, 11) is 0. The average molecular weight is 849 g/mol. The third-order valence-corrected chi connectivity index (χ3v) is 21.7. The Bertz CT molecular complexity index is 2080. The maximum atomic E-state index is 13.3. The highest BCUT2D eigenvalue weighted by molar-refractivity contribution is 6.05. The van der Waals surface area contributed by atoms with Crippen LogP contribution >= 0.6 is 0 Å². The van der Waals surface area contributed by atoms with Crippen molar-refractivity contribution in [2.24, 2.45) is 141 Å². The highest BCUT2D eigenvalue weighted by Crippen LogP contribution is 2.65. The van der Waals surface area contributed by atoms with Crippen LogP contribution < -0.4 is 0 Å². The van der Waals surface area contributed by atoms with Gasteiger partial charge in [-0.05, 0) is 116 Å². The Hall–Kier alpha value is -2.84. The number of Topliss-reactive ketones (excluding diaryl/α,β-unsaturated/α-hetero) is 6. The molecule has 12 rings (SSSR count). The second-order valence-corrected chi connectivity index (χ2v) is 24.1. The van der Waals surface area contributed by atoms with Crippen molar-refractivity contribution < 1.29 is 39.0 Å². The van der Waals surface area contributed by atoms with Crippen molar-refractivity contribution in [3.63, 3.8) is 0 Å². The van der Waals surface area contributed by atoms with E-state index >= 15 is 0 Å². The predicted molar refractivity (Wildman–Crippen MR) is 233 cm³/mol. The Morgan fingerprint density at radius 3 is 1.16 bits per heavy atom. The van der Waals surface area contributed by atoms with E-state index in [4.69, 9.17) is 0 Å². The molecule has 6 bridgehead atoms. The number of aliphatic hydroxyl groups is 2. The molecule has 62 heavy (non-hydrogen) atoms. The molecule has 0 heterocycles. The molecule has 9 fully saturated rings. The molecule has 2 N–H and O–H groups in total. The molecule has 0 spiro atoms. The molecule has 12 aliphatic rings. The monoisotopic (exact) mass is 849 g/mol. The molecular weight excluding hydrogens is 777 g/mol. The van der Waals surface area contributed by atoms with Gasteiger partial charge in [0.25, 0.3) is 0 Å². The summed E-state index contributed by atoms with van der Waals surface area (Å²) in [5.74, 6) is 3.50. The van der Waals surface area contributed by atoms with Gasteiger partial charge >= 0.3 is 0 Å². The van der Waals surface area contributed by atoms with Crippen LogP contribution in [-0.2, 0) is 28.8 Å². The topological polar surface area (TPSA) is 143 Å². The number of aliphatic hydroxyl groups excluding tert-OH is 2. The first-order valence-electron chi connectivity index (χ1n) is 24.9. The number of rotatable bonds is 0. The van der Waals surface area contributed by atoms with Crippen LogP contribution in [-0.4, -0.2) is 57.1 Å². The quantitative estimate of drug-likeness (QED) is 0.236. The van der Waals surface area contributed by atoms with Gasteiger partial charge in [-0.1, -0.05) is 98.8 Å². The number of hydrogen-bond donors (Lipinski definition) is 2. The molecule has 26 atom stereocenters. The fourth-order valence-corrected chi connectivity index (χ4v) is 18.2. The van der Waals surface area contributed by atoms with E-state index in [9.17, 15) is 39.0 Å². The summed E-state index contributed by atoms with van der Waals surface area (Å²) in [5, 5.41) is 20.3. The number of hydrogen-bond acceptors (Lipinski definition) is 8. The average Bonchev–Trinajstić information content (AvgIpc) is 4.10. The van der Waals surface area contributed by atoms with Crippen molar-refractivity contribution in [2.75, 3.05) is 0 Å². The minimum Gasteiger partial charge on any atom is -0.393 e. The van der Waals surface area contributed by atoms with E-state index in [0.717, 1.165) is 19.3 Å². The van der Waals surface area contributed by atoms with Crippen LogP contribution in [0.3, 0.4) is 0 Å². The Morgan fingerprint density at radius 2 is 0.726 bits per heavy atom. The molecule has 0 aromatic carbocycles.